The average Bonchev–Trinajstić information content (AvgIpc) is 1.35. The van der Waals surface area contributed by atoms with Crippen molar-refractivity contribution in [1.29, 1.82) is 0 Å². The molecule has 0 aromatic rings. The summed E-state index contributed by atoms with van der Waals surface area (Å²) in [4.78, 5) is 9.60. The normalized spacial score (nSPS) is 6.43. The zero-order valence-corrected chi connectivity index (χ0v) is 4.60. The molecule has 7 heavy (non-hydrogen) atoms. The number of carbonyl (C=O) groups excluding carboxylic acids is 1. The standard InChI is InChI=1S/C3H7NO2.Li.H/c1-2-6-3(4)5;;/h2H2,1H3,(H2,4,5);;/q;+1;-1. The van der Waals surface area contributed by atoms with E-state index in [0.717, 1.165) is 0 Å². The molecule has 0 spiro atoms. The van der Waals surface area contributed by atoms with Crippen LogP contribution < -0.4 is 24.6 Å². The van der Waals surface area contributed by atoms with Gasteiger partial charge in [0.05, 0.1) is 6.61 Å². The van der Waals surface area contributed by atoms with E-state index in [1.165, 1.54) is 0 Å². The van der Waals surface area contributed by atoms with Gasteiger partial charge in [0.15, 0.2) is 0 Å². The quantitative estimate of drug-likeness (QED) is 0.360. The summed E-state index contributed by atoms with van der Waals surface area (Å²) >= 11 is 0. The molecule has 1 amide bonds. The average molecular weight is 97.0 g/mol. The third-order valence-electron chi connectivity index (χ3n) is 0.287. The van der Waals surface area contributed by atoms with Crippen LogP contribution in [0.4, 0.5) is 4.79 Å². The fourth-order valence-electron chi connectivity index (χ4n) is 0.142. The van der Waals surface area contributed by atoms with Crippen LogP contribution in [-0.2, 0) is 4.74 Å². The second-order valence-corrected chi connectivity index (χ2v) is 0.752. The van der Waals surface area contributed by atoms with E-state index in [2.05, 4.69) is 10.5 Å². The molecule has 3 nitrogen and oxygen atoms in total. The molecule has 2 N–H and O–H groups in total. The zero-order valence-electron chi connectivity index (χ0n) is 5.60. The minimum Gasteiger partial charge on any atom is -1.00 e. The number of carbonyl (C=O) groups is 1. The van der Waals surface area contributed by atoms with Crippen LogP contribution in [0.3, 0.4) is 0 Å². The Labute approximate surface area is 55.9 Å². The summed E-state index contributed by atoms with van der Waals surface area (Å²) < 4.78 is 4.18. The van der Waals surface area contributed by atoms with Crippen molar-refractivity contribution >= 4 is 6.09 Å². The maximum atomic E-state index is 9.60. The van der Waals surface area contributed by atoms with Gasteiger partial charge in [0, 0.05) is 0 Å². The third kappa shape index (κ3) is 10.7. The third-order valence-corrected chi connectivity index (χ3v) is 0.287. The summed E-state index contributed by atoms with van der Waals surface area (Å²) in [6.45, 7) is 2.06. The number of hydrogen-bond acceptors (Lipinski definition) is 2. The van der Waals surface area contributed by atoms with Crippen molar-refractivity contribution < 1.29 is 29.8 Å². The number of primary amides is 1. The van der Waals surface area contributed by atoms with Gasteiger partial charge in [0.2, 0.25) is 0 Å². The van der Waals surface area contributed by atoms with Gasteiger partial charge in [-0.05, 0) is 6.92 Å². The smallest absolute Gasteiger partial charge is 1.00 e. The van der Waals surface area contributed by atoms with Crippen LogP contribution in [-0.4, -0.2) is 12.7 Å². The topological polar surface area (TPSA) is 52.3 Å². The summed E-state index contributed by atoms with van der Waals surface area (Å²) in [6.07, 6.45) is -0.711. The van der Waals surface area contributed by atoms with Crippen LogP contribution in [0.15, 0.2) is 0 Å². The Balaban J connectivity index is -0.000000125. The Kier molecular flexibility index (Phi) is 8.36. The van der Waals surface area contributed by atoms with Crippen LogP contribution in [0, 0.1) is 0 Å². The van der Waals surface area contributed by atoms with Gasteiger partial charge in [-0.25, -0.2) is 4.79 Å². The van der Waals surface area contributed by atoms with E-state index in [0.29, 0.717) is 6.61 Å². The Hall–Kier alpha value is -0.133. The summed E-state index contributed by atoms with van der Waals surface area (Å²) in [6, 6.07) is 0. The molecule has 0 aromatic carbocycles. The first-order valence-electron chi connectivity index (χ1n) is 1.69. The number of amides is 1. The van der Waals surface area contributed by atoms with Crippen molar-refractivity contribution in [2.75, 3.05) is 6.61 Å². The van der Waals surface area contributed by atoms with Crippen molar-refractivity contribution in [3.8, 4) is 0 Å². The van der Waals surface area contributed by atoms with Crippen LogP contribution in [0.5, 0.6) is 0 Å². The molecule has 0 aliphatic heterocycles. The van der Waals surface area contributed by atoms with Crippen molar-refractivity contribution in [2.45, 2.75) is 6.92 Å². The molecule has 0 rings (SSSR count). The molecule has 0 saturated carbocycles. The van der Waals surface area contributed by atoms with Crippen molar-refractivity contribution in [3.63, 3.8) is 0 Å². The van der Waals surface area contributed by atoms with Crippen molar-refractivity contribution in [3.05, 3.63) is 0 Å². The van der Waals surface area contributed by atoms with Gasteiger partial charge in [-0.1, -0.05) is 0 Å². The van der Waals surface area contributed by atoms with E-state index in [1.807, 2.05) is 0 Å². The molecule has 0 unspecified atom stereocenters. The summed E-state index contributed by atoms with van der Waals surface area (Å²) in [5, 5.41) is 0. The van der Waals surface area contributed by atoms with Crippen molar-refractivity contribution in [1.82, 2.24) is 0 Å². The van der Waals surface area contributed by atoms with Crippen LogP contribution in [0.2, 0.25) is 0 Å². The second-order valence-electron chi connectivity index (χ2n) is 0.752. The minimum atomic E-state index is -0.711. The maximum Gasteiger partial charge on any atom is 1.00 e. The molecule has 0 fully saturated rings. The predicted molar refractivity (Wildman–Crippen MR) is 22.3 cm³/mol. The molecule has 0 aliphatic carbocycles. The molecule has 38 valence electrons. The monoisotopic (exact) mass is 97.1 g/mol. The molecular formula is C3H8LiNO2. The van der Waals surface area contributed by atoms with Gasteiger partial charge in [0.25, 0.3) is 0 Å². The summed E-state index contributed by atoms with van der Waals surface area (Å²) in [5.41, 5.74) is 4.54. The molecule has 0 bridgehead atoms. The van der Waals surface area contributed by atoms with E-state index in [9.17, 15) is 4.79 Å². The summed E-state index contributed by atoms with van der Waals surface area (Å²) in [5.74, 6) is 0. The van der Waals surface area contributed by atoms with Gasteiger partial charge >= 0.3 is 25.0 Å². The zero-order chi connectivity index (χ0) is 4.99. The van der Waals surface area contributed by atoms with Crippen LogP contribution >= 0.6 is 0 Å². The fraction of sp³-hybridized carbons (Fsp3) is 0.667. The molecule has 0 radical (unpaired) electrons. The molecule has 0 heterocycles. The Morgan fingerprint density at radius 3 is 2.43 bits per heavy atom. The van der Waals surface area contributed by atoms with Gasteiger partial charge in [0.1, 0.15) is 0 Å². The van der Waals surface area contributed by atoms with Crippen LogP contribution in [0.1, 0.15) is 8.35 Å². The molecule has 0 aliphatic rings. The number of rotatable bonds is 1. The largest absolute Gasteiger partial charge is 1.00 e. The van der Waals surface area contributed by atoms with Gasteiger partial charge < -0.3 is 11.9 Å². The van der Waals surface area contributed by atoms with Crippen molar-refractivity contribution in [2.24, 2.45) is 5.73 Å². The fourth-order valence-corrected chi connectivity index (χ4v) is 0.142. The maximum absolute atomic E-state index is 9.60. The van der Waals surface area contributed by atoms with E-state index < -0.39 is 6.09 Å². The molecule has 0 saturated heterocycles. The molecule has 0 atom stereocenters. The van der Waals surface area contributed by atoms with E-state index in [1.54, 1.807) is 6.92 Å². The Bertz CT molecular complexity index is 61.2. The number of ether oxygens (including phenoxy) is 1. The summed E-state index contributed by atoms with van der Waals surface area (Å²) in [7, 11) is 0. The molecule has 0 aromatic heterocycles. The second kappa shape index (κ2) is 5.87. The Morgan fingerprint density at radius 2 is 2.43 bits per heavy atom. The van der Waals surface area contributed by atoms with Gasteiger partial charge in [-0.3, -0.25) is 0 Å². The predicted octanol–water partition coefficient (Wildman–Crippen LogP) is -2.78. The molecular weight excluding hydrogens is 89.0 g/mol. The Morgan fingerprint density at radius 1 is 2.00 bits per heavy atom. The van der Waals surface area contributed by atoms with Gasteiger partial charge in [-0.15, -0.1) is 0 Å². The first kappa shape index (κ1) is 9.98. The van der Waals surface area contributed by atoms with E-state index in [4.69, 9.17) is 0 Å². The minimum absolute atomic E-state index is 0. The van der Waals surface area contributed by atoms with Crippen LogP contribution in [0.25, 0.3) is 0 Å². The van der Waals surface area contributed by atoms with E-state index in [-0.39, 0.29) is 20.3 Å². The number of hydrogen-bond donors (Lipinski definition) is 1. The van der Waals surface area contributed by atoms with Gasteiger partial charge in [-0.2, -0.15) is 0 Å². The van der Waals surface area contributed by atoms with E-state index >= 15 is 0 Å². The number of nitrogens with two attached hydrogens (primary N) is 1. The SMILES string of the molecule is CCOC(N)=O.[H-].[Li+]. The first-order chi connectivity index (χ1) is 2.77. The molecule has 4 heteroatoms. The first-order valence-corrected chi connectivity index (χ1v) is 1.69.